The summed E-state index contributed by atoms with van der Waals surface area (Å²) >= 11 is 0. The lowest BCUT2D eigenvalue weighted by atomic mass is 9.91. The van der Waals surface area contributed by atoms with Gasteiger partial charge in [-0.1, -0.05) is 276 Å². The number of hydrogen-bond donors (Lipinski definition) is 4. The van der Waals surface area contributed by atoms with Gasteiger partial charge in [-0.15, -0.1) is 0 Å². The number of aliphatic hydroxyl groups is 4. The van der Waals surface area contributed by atoms with Crippen LogP contribution in [-0.4, -0.2) is 128 Å². The average Bonchev–Trinajstić information content (AvgIpc) is 0.784. The predicted octanol–water partition coefficient (Wildman–Crippen LogP) is 15.6. The van der Waals surface area contributed by atoms with Crippen molar-refractivity contribution in [2.75, 3.05) is 39.6 Å². The molecule has 0 saturated carbocycles. The molecular formula is C76H126O13. The van der Waals surface area contributed by atoms with E-state index in [0.717, 1.165) is 49.4 Å². The average molecular weight is 1250 g/mol. The van der Waals surface area contributed by atoms with E-state index in [9.17, 15) is 24.5 Å². The minimum atomic E-state index is -1.73. The molecule has 2 saturated heterocycles. The highest BCUT2D eigenvalue weighted by atomic mass is 16.7. The molecule has 4 unspecified atom stereocenters. The zero-order valence-corrected chi connectivity index (χ0v) is 56.7. The maximum atomic E-state index is 11.2. The van der Waals surface area contributed by atoms with Crippen molar-refractivity contribution in [1.29, 1.82) is 0 Å². The first-order valence-electron chi connectivity index (χ1n) is 36.7. The van der Waals surface area contributed by atoms with E-state index in [1.54, 1.807) is 48.5 Å². The second kappa shape index (κ2) is 44.7. The Balaban J connectivity index is 1.35. The monoisotopic (exact) mass is 1250 g/mol. The molecule has 0 amide bonds. The van der Waals surface area contributed by atoms with Gasteiger partial charge in [0.2, 0.25) is 0 Å². The van der Waals surface area contributed by atoms with Gasteiger partial charge in [0.05, 0.1) is 50.3 Å². The highest BCUT2D eigenvalue weighted by molar-refractivity contribution is 5.16. The standard InChI is InChI=1S/C76H126O13/c1-55(2)26-20-28-57(5)30-22-32-59(7)34-24-36-61(9)44-46-81-52-66(82-47-45-62(10)37-25-35-60(8)33-23-31-58(6)29-21-27-56(3)4)53-86-76-74(85-51-65-42-18-13-19-43-65)73(84-50-64-40-16-12-17-41-64)72(83-49-63-38-14-11-15-39-63)68(89-76)54-87-75-71(80)70(79)69(78)67(48-77)88-75/h11-19,38-43,55-62,66-80H,20-37,44-54H2,1-10H3/t57-,58-,59-,60-,61-,62-,66-,67-,68-,69-,70+,71-,72-,73+,74-,75-,76?/m1/s1/i49D,50D,51D/t49?,50?,51?,57-,58-,59-,60-,61-,62-,66-,67-,68-,69-,70+,71-,72-,73+,74-,75-,76?. The van der Waals surface area contributed by atoms with Gasteiger partial charge < -0.3 is 63.1 Å². The number of benzene rings is 3. The van der Waals surface area contributed by atoms with Crippen molar-refractivity contribution < 1.29 is 67.2 Å². The molecule has 0 aromatic heterocycles. The minimum Gasteiger partial charge on any atom is -0.394 e. The van der Waals surface area contributed by atoms with Crippen LogP contribution in [0.3, 0.4) is 0 Å². The Labute approximate surface area is 544 Å². The molecule has 5 rings (SSSR count). The van der Waals surface area contributed by atoms with Gasteiger partial charge >= 0.3 is 0 Å². The van der Waals surface area contributed by atoms with Gasteiger partial charge in [-0.2, -0.15) is 0 Å². The van der Waals surface area contributed by atoms with Crippen LogP contribution in [0.2, 0.25) is 0 Å². The van der Waals surface area contributed by atoms with Crippen LogP contribution < -0.4 is 0 Å². The normalized spacial score (nSPS) is 26.4. The molecule has 89 heavy (non-hydrogen) atoms. The molecule has 3 aromatic carbocycles. The van der Waals surface area contributed by atoms with Crippen molar-refractivity contribution in [3.05, 3.63) is 108 Å². The molecule has 20 atom stereocenters. The largest absolute Gasteiger partial charge is 0.394 e. The highest BCUT2D eigenvalue weighted by Gasteiger charge is 2.51. The van der Waals surface area contributed by atoms with Crippen LogP contribution in [0.15, 0.2) is 91.0 Å². The molecule has 2 aliphatic rings. The summed E-state index contributed by atoms with van der Waals surface area (Å²) in [5, 5.41) is 42.7. The molecule has 13 heteroatoms. The summed E-state index contributed by atoms with van der Waals surface area (Å²) in [5.41, 5.74) is 1.57. The summed E-state index contributed by atoms with van der Waals surface area (Å²) in [6, 6.07) is 27.0. The molecule has 3 aromatic rings. The summed E-state index contributed by atoms with van der Waals surface area (Å²) in [4.78, 5) is 0. The Bertz CT molecular complexity index is 2280. The lowest BCUT2D eigenvalue weighted by molar-refractivity contribution is -0.347. The van der Waals surface area contributed by atoms with Crippen LogP contribution in [0.4, 0.5) is 0 Å². The van der Waals surface area contributed by atoms with E-state index in [-0.39, 0.29) is 13.2 Å². The van der Waals surface area contributed by atoms with Crippen molar-refractivity contribution >= 4 is 0 Å². The molecule has 508 valence electrons. The SMILES string of the molecule is [2H]C(O[C@H]1[C@H](OC([2H])c2ccccc2)[C@@H](OC([2H])c2ccccc2)C(OC[C@@H](COCC[C@H](C)CCC[C@H](C)CCC[C@H](C)CCCC(C)C)OCC[C@H](C)CCC[C@H](C)CCC[C@H](C)CCCC(C)C)O[C@@H]1CO[C@@H]1O[C@H](CO)[C@@H](O)[C@H](O)[C@H]1O)c1ccccc1. The Morgan fingerprint density at radius 2 is 0.775 bits per heavy atom. The maximum Gasteiger partial charge on any atom is 0.187 e. The van der Waals surface area contributed by atoms with Crippen molar-refractivity contribution in [1.82, 2.24) is 0 Å². The second-order valence-electron chi connectivity index (χ2n) is 27.9. The van der Waals surface area contributed by atoms with Crippen LogP contribution in [0.5, 0.6) is 0 Å². The number of hydrogen-bond acceptors (Lipinski definition) is 13. The lowest BCUT2D eigenvalue weighted by Crippen LogP contribution is -2.63. The molecule has 2 aliphatic heterocycles. The summed E-state index contributed by atoms with van der Waals surface area (Å²) < 4.78 is 87.6. The van der Waals surface area contributed by atoms with E-state index in [4.69, 9.17) is 42.6 Å². The fourth-order valence-electron chi connectivity index (χ4n) is 12.2. The maximum absolute atomic E-state index is 11.2. The van der Waals surface area contributed by atoms with Gasteiger partial charge in [-0.25, -0.2) is 0 Å². The molecule has 0 radical (unpaired) electrons. The number of ether oxygens (including phenoxy) is 9. The topological polar surface area (TPSA) is 164 Å². The molecule has 4 N–H and O–H groups in total. The van der Waals surface area contributed by atoms with E-state index in [0.29, 0.717) is 53.6 Å². The molecule has 0 bridgehead atoms. The third-order valence-corrected chi connectivity index (χ3v) is 18.3. The smallest absolute Gasteiger partial charge is 0.187 e. The molecule has 13 nitrogen and oxygen atoms in total. The van der Waals surface area contributed by atoms with Gasteiger partial charge in [0.1, 0.15) is 54.9 Å². The van der Waals surface area contributed by atoms with Crippen LogP contribution in [0, 0.1) is 47.3 Å². The van der Waals surface area contributed by atoms with Gasteiger partial charge in [0, 0.05) is 13.2 Å². The molecule has 0 aliphatic carbocycles. The number of aliphatic hydroxyl groups excluding tert-OH is 4. The molecular weight excluding hydrogens is 1120 g/mol. The zero-order valence-electron chi connectivity index (χ0n) is 59.7. The Kier molecular flexibility index (Phi) is 36.1. The summed E-state index contributed by atoms with van der Waals surface area (Å²) in [6.45, 7) is 19.7. The van der Waals surface area contributed by atoms with Gasteiger partial charge in [0.15, 0.2) is 12.6 Å². The van der Waals surface area contributed by atoms with Gasteiger partial charge in [0.25, 0.3) is 0 Å². The van der Waals surface area contributed by atoms with E-state index in [1.165, 1.54) is 103 Å². The second-order valence-corrected chi connectivity index (χ2v) is 27.9. The van der Waals surface area contributed by atoms with Crippen LogP contribution >= 0.6 is 0 Å². The molecule has 0 spiro atoms. The fourth-order valence-corrected chi connectivity index (χ4v) is 12.2. The first-order chi connectivity index (χ1) is 44.2. The Morgan fingerprint density at radius 3 is 1.20 bits per heavy atom. The predicted molar refractivity (Wildman–Crippen MR) is 357 cm³/mol. The van der Waals surface area contributed by atoms with Crippen LogP contribution in [-0.2, 0) is 62.4 Å². The quantitative estimate of drug-likeness (QED) is 0.0395. The Morgan fingerprint density at radius 1 is 0.393 bits per heavy atom. The Hall–Kier alpha value is -2.86. The number of rotatable bonds is 49. The minimum absolute atomic E-state index is 0.0302. The fraction of sp³-hybridized carbons (Fsp3) is 0.763. The third kappa shape index (κ3) is 31.3. The van der Waals surface area contributed by atoms with Crippen LogP contribution in [0.25, 0.3) is 0 Å². The summed E-state index contributed by atoms with van der Waals surface area (Å²) in [5.74, 6) is 5.47. The van der Waals surface area contributed by atoms with E-state index in [1.807, 2.05) is 42.5 Å². The molecule has 2 heterocycles. The first kappa shape index (κ1) is 72.0. The van der Waals surface area contributed by atoms with E-state index >= 15 is 0 Å². The van der Waals surface area contributed by atoms with Crippen LogP contribution in [0.1, 0.15) is 218 Å². The summed E-state index contributed by atoms with van der Waals surface area (Å²) in [6.07, 6.45) is 9.78. The lowest BCUT2D eigenvalue weighted by Gasteiger charge is -2.46. The van der Waals surface area contributed by atoms with Gasteiger partial charge in [-0.05, 0) is 76.9 Å². The zero-order chi connectivity index (χ0) is 66.8. The van der Waals surface area contributed by atoms with Gasteiger partial charge in [-0.3, -0.25) is 0 Å². The van der Waals surface area contributed by atoms with Crippen molar-refractivity contribution in [3.8, 4) is 0 Å². The highest BCUT2D eigenvalue weighted by Crippen LogP contribution is 2.34. The summed E-state index contributed by atoms with van der Waals surface area (Å²) in [7, 11) is 0. The van der Waals surface area contributed by atoms with Crippen molar-refractivity contribution in [3.63, 3.8) is 0 Å². The van der Waals surface area contributed by atoms with E-state index in [2.05, 4.69) is 69.2 Å². The first-order valence-corrected chi connectivity index (χ1v) is 35.0. The van der Waals surface area contributed by atoms with E-state index < -0.39 is 100 Å². The molecule has 2 fully saturated rings. The third-order valence-electron chi connectivity index (χ3n) is 18.3. The van der Waals surface area contributed by atoms with Crippen molar-refractivity contribution in [2.45, 2.75) is 285 Å². The van der Waals surface area contributed by atoms with Crippen molar-refractivity contribution in [2.24, 2.45) is 47.3 Å².